The number of rotatable bonds is 5. The monoisotopic (exact) mass is 452 g/mol. The Hall–Kier alpha value is -2.83. The van der Waals surface area contributed by atoms with Crippen molar-refractivity contribution in [1.29, 1.82) is 0 Å². The Morgan fingerprint density at radius 2 is 1.67 bits per heavy atom. The van der Waals surface area contributed by atoms with Crippen molar-refractivity contribution < 1.29 is 23.9 Å². The maximum atomic E-state index is 13.4. The Labute approximate surface area is 194 Å². The number of imide groups is 1. The average molecular weight is 453 g/mol. The van der Waals surface area contributed by atoms with Crippen molar-refractivity contribution in [2.75, 3.05) is 5.32 Å². The first-order valence-corrected chi connectivity index (χ1v) is 12.2. The summed E-state index contributed by atoms with van der Waals surface area (Å²) in [4.78, 5) is 40.8. The van der Waals surface area contributed by atoms with Crippen LogP contribution in [0, 0.1) is 17.8 Å². The fraction of sp³-hybridized carbons (Fsp3) is 0.577. The van der Waals surface area contributed by atoms with Crippen molar-refractivity contribution in [3.8, 4) is 11.5 Å². The molecule has 33 heavy (non-hydrogen) atoms. The molecular formula is C26H32N2O5. The summed E-state index contributed by atoms with van der Waals surface area (Å²) < 4.78 is 12.3. The van der Waals surface area contributed by atoms with Crippen LogP contribution in [0.3, 0.4) is 0 Å². The lowest BCUT2D eigenvalue weighted by atomic mass is 9.85. The summed E-state index contributed by atoms with van der Waals surface area (Å²) in [6, 6.07) is 4.55. The maximum absolute atomic E-state index is 13.4. The fourth-order valence-corrected chi connectivity index (χ4v) is 5.60. The van der Waals surface area contributed by atoms with E-state index in [0.29, 0.717) is 36.4 Å². The Balaban J connectivity index is 1.34. The van der Waals surface area contributed by atoms with Gasteiger partial charge in [0.1, 0.15) is 6.04 Å². The number of anilines is 1. The lowest BCUT2D eigenvalue weighted by Gasteiger charge is -2.31. The van der Waals surface area contributed by atoms with Crippen molar-refractivity contribution in [2.24, 2.45) is 17.8 Å². The number of hydrogen-bond donors (Lipinski definition) is 1. The van der Waals surface area contributed by atoms with Crippen LogP contribution in [0.4, 0.5) is 5.69 Å². The average Bonchev–Trinajstić information content (AvgIpc) is 3.26. The number of amides is 3. The third-order valence-electron chi connectivity index (χ3n) is 7.27. The van der Waals surface area contributed by atoms with Crippen molar-refractivity contribution in [2.45, 2.75) is 77.0 Å². The van der Waals surface area contributed by atoms with Crippen LogP contribution in [0.25, 0.3) is 0 Å². The van der Waals surface area contributed by atoms with Gasteiger partial charge < -0.3 is 14.8 Å². The number of carbonyl (C=O) groups excluding carboxylic acids is 3. The van der Waals surface area contributed by atoms with Gasteiger partial charge in [0.15, 0.2) is 11.5 Å². The third-order valence-corrected chi connectivity index (χ3v) is 7.27. The van der Waals surface area contributed by atoms with Crippen LogP contribution >= 0.6 is 0 Å². The van der Waals surface area contributed by atoms with E-state index >= 15 is 0 Å². The van der Waals surface area contributed by atoms with E-state index < -0.39 is 11.8 Å². The van der Waals surface area contributed by atoms with Crippen LogP contribution in [-0.2, 0) is 14.4 Å². The molecule has 1 saturated heterocycles. The van der Waals surface area contributed by atoms with Gasteiger partial charge in [-0.3, -0.25) is 19.3 Å². The summed E-state index contributed by atoms with van der Waals surface area (Å²) in [5, 5.41) is 2.93. The summed E-state index contributed by atoms with van der Waals surface area (Å²) in [5.41, 5.74) is 0.571. The molecule has 2 heterocycles. The molecule has 5 rings (SSSR count). The van der Waals surface area contributed by atoms with E-state index in [1.165, 1.54) is 11.3 Å². The minimum atomic E-state index is -0.828. The molecule has 3 amide bonds. The van der Waals surface area contributed by atoms with Crippen molar-refractivity contribution in [3.05, 3.63) is 30.4 Å². The van der Waals surface area contributed by atoms with Crippen molar-refractivity contribution in [3.63, 3.8) is 0 Å². The predicted molar refractivity (Wildman–Crippen MR) is 123 cm³/mol. The summed E-state index contributed by atoms with van der Waals surface area (Å²) in [6.45, 7) is 3.98. The van der Waals surface area contributed by atoms with Crippen LogP contribution in [0.1, 0.15) is 65.2 Å². The molecule has 1 aromatic carbocycles. The molecule has 2 aliphatic carbocycles. The Morgan fingerprint density at radius 3 is 2.30 bits per heavy atom. The maximum Gasteiger partial charge on any atom is 0.251 e. The van der Waals surface area contributed by atoms with E-state index in [4.69, 9.17) is 9.47 Å². The second-order valence-electron chi connectivity index (χ2n) is 10.2. The zero-order valence-electron chi connectivity index (χ0n) is 19.3. The van der Waals surface area contributed by atoms with Gasteiger partial charge >= 0.3 is 0 Å². The van der Waals surface area contributed by atoms with E-state index in [1.54, 1.807) is 12.1 Å². The second kappa shape index (κ2) is 8.50. The molecule has 1 aromatic rings. The van der Waals surface area contributed by atoms with Crippen LogP contribution in [-0.4, -0.2) is 34.5 Å². The highest BCUT2D eigenvalue weighted by Gasteiger charge is 2.51. The topological polar surface area (TPSA) is 84.9 Å². The zero-order chi connectivity index (χ0) is 23.2. The molecule has 3 atom stereocenters. The van der Waals surface area contributed by atoms with Gasteiger partial charge in [0.25, 0.3) is 5.79 Å². The highest BCUT2D eigenvalue weighted by molar-refractivity contribution is 6.10. The Bertz CT molecular complexity index is 968. The second-order valence-corrected chi connectivity index (χ2v) is 10.2. The number of benzene rings is 1. The number of allylic oxidation sites excluding steroid dienone is 2. The summed E-state index contributed by atoms with van der Waals surface area (Å²) in [6.07, 6.45) is 10.5. The number of nitrogens with zero attached hydrogens (tertiary/aromatic N) is 1. The molecular weight excluding hydrogens is 420 g/mol. The molecule has 176 valence electrons. The Kier molecular flexibility index (Phi) is 5.67. The zero-order valence-corrected chi connectivity index (χ0v) is 19.3. The molecule has 2 fully saturated rings. The van der Waals surface area contributed by atoms with E-state index in [1.807, 2.05) is 32.1 Å². The SMILES string of the molecule is CC(C)CC(C(=O)Nc1ccc2c(c1)OC1(CCCCC1)O2)N1C(=O)C2CC=CCC2C1=O. The number of likely N-dealkylation sites (tertiary alicyclic amines) is 1. The van der Waals surface area contributed by atoms with Crippen LogP contribution in [0.2, 0.25) is 0 Å². The molecule has 1 N–H and O–H groups in total. The number of carbonyl (C=O) groups is 3. The number of ether oxygens (including phenoxy) is 2. The van der Waals surface area contributed by atoms with E-state index in [9.17, 15) is 14.4 Å². The van der Waals surface area contributed by atoms with E-state index in [0.717, 1.165) is 25.7 Å². The summed E-state index contributed by atoms with van der Waals surface area (Å²) in [7, 11) is 0. The Morgan fingerprint density at radius 1 is 1.03 bits per heavy atom. The molecule has 7 heteroatoms. The molecule has 1 spiro atoms. The standard InChI is InChI=1S/C26H32N2O5/c1-16(2)14-20(28-24(30)18-8-4-5-9-19(18)25(28)31)23(29)27-17-10-11-21-22(15-17)33-26(32-21)12-6-3-7-13-26/h4-5,10-11,15-16,18-20H,3,6-9,12-14H2,1-2H3,(H,27,29). The van der Waals surface area contributed by atoms with E-state index in [2.05, 4.69) is 5.32 Å². The molecule has 1 saturated carbocycles. The minimum Gasteiger partial charge on any atom is -0.448 e. The van der Waals surface area contributed by atoms with Gasteiger partial charge in [-0.05, 0) is 50.2 Å². The van der Waals surface area contributed by atoms with Gasteiger partial charge in [0.05, 0.1) is 11.8 Å². The van der Waals surface area contributed by atoms with Gasteiger partial charge in [-0.25, -0.2) is 0 Å². The highest BCUT2D eigenvalue weighted by atomic mass is 16.7. The van der Waals surface area contributed by atoms with Gasteiger partial charge in [-0.1, -0.05) is 32.4 Å². The molecule has 0 aromatic heterocycles. The lowest BCUT2D eigenvalue weighted by molar-refractivity contribution is -0.147. The van der Waals surface area contributed by atoms with Gasteiger partial charge in [0.2, 0.25) is 17.7 Å². The molecule has 2 aliphatic heterocycles. The highest BCUT2D eigenvalue weighted by Crippen LogP contribution is 2.46. The number of hydrogen-bond acceptors (Lipinski definition) is 5. The van der Waals surface area contributed by atoms with Gasteiger partial charge in [0, 0.05) is 24.6 Å². The van der Waals surface area contributed by atoms with E-state index in [-0.39, 0.29) is 35.5 Å². The van der Waals surface area contributed by atoms with Crippen LogP contribution in [0.15, 0.2) is 30.4 Å². The van der Waals surface area contributed by atoms with Gasteiger partial charge in [-0.2, -0.15) is 0 Å². The minimum absolute atomic E-state index is 0.144. The quantitative estimate of drug-likeness (QED) is 0.528. The molecule has 7 nitrogen and oxygen atoms in total. The summed E-state index contributed by atoms with van der Waals surface area (Å²) in [5.74, 6) is -0.601. The molecule has 0 bridgehead atoms. The summed E-state index contributed by atoms with van der Waals surface area (Å²) >= 11 is 0. The smallest absolute Gasteiger partial charge is 0.251 e. The molecule has 4 aliphatic rings. The lowest BCUT2D eigenvalue weighted by Crippen LogP contribution is -2.48. The third kappa shape index (κ3) is 4.02. The molecule has 3 unspecified atom stereocenters. The van der Waals surface area contributed by atoms with Crippen molar-refractivity contribution in [1.82, 2.24) is 4.90 Å². The first kappa shape index (κ1) is 22.0. The molecule has 0 radical (unpaired) electrons. The number of nitrogens with one attached hydrogen (secondary N) is 1. The van der Waals surface area contributed by atoms with Crippen molar-refractivity contribution >= 4 is 23.4 Å². The first-order valence-electron chi connectivity index (χ1n) is 12.2. The fourth-order valence-electron chi connectivity index (χ4n) is 5.60. The van der Waals surface area contributed by atoms with Crippen LogP contribution in [0.5, 0.6) is 11.5 Å². The first-order chi connectivity index (χ1) is 15.9. The van der Waals surface area contributed by atoms with Crippen LogP contribution < -0.4 is 14.8 Å². The predicted octanol–water partition coefficient (Wildman–Crippen LogP) is 4.42. The largest absolute Gasteiger partial charge is 0.448 e. The number of fused-ring (bicyclic) bond motifs is 2. The normalized spacial score (nSPS) is 26.1. The van der Waals surface area contributed by atoms with Gasteiger partial charge in [-0.15, -0.1) is 0 Å².